The summed E-state index contributed by atoms with van der Waals surface area (Å²) in [5.74, 6) is -2.04. The lowest BCUT2D eigenvalue weighted by atomic mass is 9.82. The lowest BCUT2D eigenvalue weighted by Gasteiger charge is -2.32. The predicted octanol–water partition coefficient (Wildman–Crippen LogP) is 3.67. The van der Waals surface area contributed by atoms with Gasteiger partial charge in [-0.15, -0.1) is 0 Å². The normalized spacial score (nSPS) is 15.6. The van der Waals surface area contributed by atoms with Gasteiger partial charge in [0.2, 0.25) is 0 Å². The predicted molar refractivity (Wildman–Crippen MR) is 99.1 cm³/mol. The van der Waals surface area contributed by atoms with E-state index in [0.717, 1.165) is 31.7 Å². The minimum Gasteiger partial charge on any atom is -0.490 e. The van der Waals surface area contributed by atoms with E-state index in [4.69, 9.17) is 4.74 Å². The number of nitrogens with zero attached hydrogens (tertiary/aromatic N) is 1. The summed E-state index contributed by atoms with van der Waals surface area (Å²) in [4.78, 5) is 2.00. The number of rotatable bonds is 6. The van der Waals surface area contributed by atoms with Crippen molar-refractivity contribution in [3.8, 4) is 5.75 Å². The molecule has 0 aromatic heterocycles. The zero-order chi connectivity index (χ0) is 19.4. The van der Waals surface area contributed by atoms with Crippen LogP contribution in [0.2, 0.25) is 6.82 Å². The van der Waals surface area contributed by atoms with E-state index < -0.39 is 24.5 Å². The van der Waals surface area contributed by atoms with Gasteiger partial charge in [-0.1, -0.05) is 0 Å². The number of nitrogens with one attached hydrogen (secondary N) is 1. The first-order chi connectivity index (χ1) is 12.9. The summed E-state index contributed by atoms with van der Waals surface area (Å²) in [6.45, 7) is 3.25. The van der Waals surface area contributed by atoms with Gasteiger partial charge < -0.3 is 19.9 Å². The van der Waals surface area contributed by atoms with Gasteiger partial charge in [0, 0.05) is 29.9 Å². The second-order valence-corrected chi connectivity index (χ2v) is 6.71. The van der Waals surface area contributed by atoms with Gasteiger partial charge in [-0.05, 0) is 57.0 Å². The summed E-state index contributed by atoms with van der Waals surface area (Å²) in [5.41, 5.74) is 0.469. The van der Waals surface area contributed by atoms with Crippen LogP contribution in [0.25, 0.3) is 0 Å². The van der Waals surface area contributed by atoms with Gasteiger partial charge in [-0.25, -0.2) is 13.2 Å². The topological polar surface area (TPSA) is 44.7 Å². The highest BCUT2D eigenvalue weighted by Gasteiger charge is 2.24. The van der Waals surface area contributed by atoms with Gasteiger partial charge >= 0.3 is 7.05 Å². The zero-order valence-electron chi connectivity index (χ0n) is 15.1. The third-order valence-corrected chi connectivity index (χ3v) is 4.74. The van der Waals surface area contributed by atoms with Gasteiger partial charge in [0.15, 0.2) is 0 Å². The lowest BCUT2D eigenvalue weighted by molar-refractivity contribution is 0.128. The van der Waals surface area contributed by atoms with E-state index in [2.05, 4.69) is 5.32 Å². The average molecular weight is 378 g/mol. The maximum absolute atomic E-state index is 13.7. The van der Waals surface area contributed by atoms with Crippen molar-refractivity contribution in [2.75, 3.05) is 18.4 Å². The standard InChI is InChI=1S/C19H22BF3N2O2/c1-20(26)25-8-6-16(7-9-25)27-15-4-2-14(3-5-15)24-12-17-18(22)10-13(21)11-19(17)23/h2-5,10-11,16,24,26H,6-9,12H2,1H3. The van der Waals surface area contributed by atoms with Gasteiger partial charge in [-0.2, -0.15) is 0 Å². The molecule has 1 aliphatic heterocycles. The van der Waals surface area contributed by atoms with E-state index in [9.17, 15) is 18.2 Å². The molecule has 0 unspecified atom stereocenters. The first-order valence-electron chi connectivity index (χ1n) is 8.98. The smallest absolute Gasteiger partial charge is 0.376 e. The van der Waals surface area contributed by atoms with Crippen LogP contribution in [0.3, 0.4) is 0 Å². The van der Waals surface area contributed by atoms with E-state index in [0.29, 0.717) is 17.8 Å². The van der Waals surface area contributed by atoms with Crippen LogP contribution in [0.4, 0.5) is 18.9 Å². The first-order valence-corrected chi connectivity index (χ1v) is 8.98. The van der Waals surface area contributed by atoms with Gasteiger partial charge in [0.1, 0.15) is 29.3 Å². The summed E-state index contributed by atoms with van der Waals surface area (Å²) < 4.78 is 46.2. The number of benzene rings is 2. The molecular formula is C19H22BF3N2O2. The number of hydrogen-bond acceptors (Lipinski definition) is 4. The number of anilines is 1. The van der Waals surface area contributed by atoms with Crippen LogP contribution in [0.5, 0.6) is 5.75 Å². The Labute approximate surface area is 157 Å². The Morgan fingerprint density at radius 3 is 2.26 bits per heavy atom. The lowest BCUT2D eigenvalue weighted by Crippen LogP contribution is -2.45. The second kappa shape index (κ2) is 8.67. The second-order valence-electron chi connectivity index (χ2n) is 6.71. The molecule has 0 bridgehead atoms. The maximum Gasteiger partial charge on any atom is 0.376 e. The van der Waals surface area contributed by atoms with E-state index in [1.165, 1.54) is 0 Å². The molecule has 1 saturated heterocycles. The average Bonchev–Trinajstić information content (AvgIpc) is 2.62. The summed E-state index contributed by atoms with van der Waals surface area (Å²) >= 11 is 0. The van der Waals surface area contributed by atoms with Gasteiger partial charge in [-0.3, -0.25) is 0 Å². The molecule has 0 amide bonds. The fraction of sp³-hybridized carbons (Fsp3) is 0.368. The summed E-state index contributed by atoms with van der Waals surface area (Å²) in [6.07, 6.45) is 1.78. The molecule has 0 aliphatic carbocycles. The van der Waals surface area contributed by atoms with Crippen molar-refractivity contribution in [3.63, 3.8) is 0 Å². The Kier molecular flexibility index (Phi) is 6.28. The molecule has 0 radical (unpaired) electrons. The van der Waals surface area contributed by atoms with Crippen LogP contribution >= 0.6 is 0 Å². The third-order valence-electron chi connectivity index (χ3n) is 4.74. The molecule has 4 nitrogen and oxygen atoms in total. The van der Waals surface area contributed by atoms with Crippen LogP contribution in [0.15, 0.2) is 36.4 Å². The Balaban J connectivity index is 1.52. The highest BCUT2D eigenvalue weighted by molar-refractivity contribution is 6.45. The van der Waals surface area contributed by atoms with Crippen molar-refractivity contribution in [2.24, 2.45) is 0 Å². The largest absolute Gasteiger partial charge is 0.490 e. The highest BCUT2D eigenvalue weighted by Crippen LogP contribution is 2.22. The molecule has 8 heteroatoms. The molecule has 3 rings (SSSR count). The van der Waals surface area contributed by atoms with Gasteiger partial charge in [0.05, 0.1) is 0 Å². The minimum atomic E-state index is -0.936. The molecule has 1 heterocycles. The first kappa shape index (κ1) is 19.6. The van der Waals surface area contributed by atoms with Crippen LogP contribution in [0, 0.1) is 17.5 Å². The van der Waals surface area contributed by atoms with Crippen molar-refractivity contribution >= 4 is 12.7 Å². The molecule has 0 saturated carbocycles. The fourth-order valence-electron chi connectivity index (χ4n) is 3.14. The van der Waals surface area contributed by atoms with Crippen LogP contribution in [-0.2, 0) is 6.54 Å². The van der Waals surface area contributed by atoms with Crippen molar-refractivity contribution in [1.29, 1.82) is 0 Å². The maximum atomic E-state index is 13.7. The SMILES string of the molecule is CB(O)N1CCC(Oc2ccc(NCc3c(F)cc(F)cc3F)cc2)CC1. The van der Waals surface area contributed by atoms with E-state index in [1.807, 2.05) is 4.81 Å². The molecule has 144 valence electrons. The van der Waals surface area contributed by atoms with E-state index in [1.54, 1.807) is 31.1 Å². The molecule has 0 atom stereocenters. The molecule has 27 heavy (non-hydrogen) atoms. The Bertz CT molecular complexity index is 743. The van der Waals surface area contributed by atoms with E-state index in [-0.39, 0.29) is 18.2 Å². The number of ether oxygens (including phenoxy) is 1. The monoisotopic (exact) mass is 378 g/mol. The number of halogens is 3. The van der Waals surface area contributed by atoms with Crippen LogP contribution < -0.4 is 10.1 Å². The van der Waals surface area contributed by atoms with Crippen molar-refractivity contribution in [3.05, 3.63) is 59.4 Å². The summed E-state index contributed by atoms with van der Waals surface area (Å²) in [6, 6.07) is 8.44. The molecule has 1 fully saturated rings. The molecule has 1 aliphatic rings. The Morgan fingerprint density at radius 2 is 1.70 bits per heavy atom. The van der Waals surface area contributed by atoms with Crippen molar-refractivity contribution in [1.82, 2.24) is 4.81 Å². The minimum absolute atomic E-state index is 0.0873. The molecule has 2 N–H and O–H groups in total. The molecule has 2 aromatic carbocycles. The number of piperidine rings is 1. The number of hydrogen-bond donors (Lipinski definition) is 2. The summed E-state index contributed by atoms with van der Waals surface area (Å²) in [5, 5.41) is 12.5. The van der Waals surface area contributed by atoms with Crippen LogP contribution in [0.1, 0.15) is 18.4 Å². The van der Waals surface area contributed by atoms with Crippen molar-refractivity contribution < 1.29 is 22.9 Å². The quantitative estimate of drug-likeness (QED) is 0.753. The van der Waals surface area contributed by atoms with E-state index >= 15 is 0 Å². The highest BCUT2D eigenvalue weighted by atomic mass is 19.1. The third kappa shape index (κ3) is 5.17. The molecule has 0 spiro atoms. The fourth-order valence-corrected chi connectivity index (χ4v) is 3.14. The van der Waals surface area contributed by atoms with Gasteiger partial charge in [0.25, 0.3) is 0 Å². The van der Waals surface area contributed by atoms with Crippen LogP contribution in [-0.4, -0.2) is 36.1 Å². The Hall–Kier alpha value is -2.19. The van der Waals surface area contributed by atoms with Crippen molar-refractivity contribution in [2.45, 2.75) is 32.3 Å². The Morgan fingerprint density at radius 1 is 1.11 bits per heavy atom. The zero-order valence-corrected chi connectivity index (χ0v) is 15.1. The molecule has 2 aromatic rings. The molecular weight excluding hydrogens is 356 g/mol. The summed E-state index contributed by atoms with van der Waals surface area (Å²) in [7, 11) is -0.438.